The molecule has 1 amide bonds. The van der Waals surface area contributed by atoms with Crippen LogP contribution in [-0.2, 0) is 9.53 Å². The summed E-state index contributed by atoms with van der Waals surface area (Å²) < 4.78 is 5.52. The molecule has 1 atom stereocenters. The van der Waals surface area contributed by atoms with Gasteiger partial charge >= 0.3 is 0 Å². The second-order valence-electron chi connectivity index (χ2n) is 6.82. The van der Waals surface area contributed by atoms with Crippen LogP contribution in [0.4, 0.5) is 5.82 Å². The smallest absolute Gasteiger partial charge is 0.234 e. The van der Waals surface area contributed by atoms with E-state index in [9.17, 15) is 4.79 Å². The van der Waals surface area contributed by atoms with Gasteiger partial charge in [0.2, 0.25) is 5.91 Å². The maximum Gasteiger partial charge on any atom is 0.234 e. The predicted octanol–water partition coefficient (Wildman–Crippen LogP) is 0.509. The zero-order valence-electron chi connectivity index (χ0n) is 14.8. The first-order chi connectivity index (χ1) is 11.5. The van der Waals surface area contributed by atoms with E-state index >= 15 is 0 Å². The molecule has 1 aromatic rings. The number of aromatic nitrogens is 2. The van der Waals surface area contributed by atoms with Gasteiger partial charge < -0.3 is 15.0 Å². The van der Waals surface area contributed by atoms with Crippen LogP contribution < -0.4 is 10.2 Å². The number of aryl methyl sites for hydroxylation is 1. The van der Waals surface area contributed by atoms with Gasteiger partial charge in [-0.05, 0) is 33.7 Å². The van der Waals surface area contributed by atoms with E-state index in [4.69, 9.17) is 4.74 Å². The molecule has 2 saturated heterocycles. The molecule has 2 aliphatic rings. The number of ether oxygens (including phenoxy) is 1. The van der Waals surface area contributed by atoms with Crippen LogP contribution in [0.25, 0.3) is 0 Å². The summed E-state index contributed by atoms with van der Waals surface area (Å²) in [5.41, 5.74) is 2.15. The van der Waals surface area contributed by atoms with Gasteiger partial charge in [0, 0.05) is 43.5 Å². The molecule has 0 bridgehead atoms. The van der Waals surface area contributed by atoms with Crippen LogP contribution in [0, 0.1) is 13.8 Å². The van der Waals surface area contributed by atoms with E-state index in [2.05, 4.69) is 32.0 Å². The van der Waals surface area contributed by atoms with Crippen LogP contribution in [0.15, 0.2) is 6.33 Å². The largest absolute Gasteiger partial charge is 0.376 e. The predicted molar refractivity (Wildman–Crippen MR) is 92.1 cm³/mol. The van der Waals surface area contributed by atoms with Crippen molar-refractivity contribution in [1.82, 2.24) is 20.2 Å². The van der Waals surface area contributed by atoms with Crippen molar-refractivity contribution in [2.24, 2.45) is 0 Å². The lowest BCUT2D eigenvalue weighted by atomic mass is 10.1. The standard InChI is InChI=1S/C17H27N5O2/c1-12-13(2)19-11-20-17(12)22-8-14(9-22)21(3)10-16(23)18-7-15-5-4-6-24-15/h11,14-15H,4-10H2,1-3H3,(H,18,23). The van der Waals surface area contributed by atoms with Crippen LogP contribution in [0.5, 0.6) is 0 Å². The van der Waals surface area contributed by atoms with Crippen molar-refractivity contribution >= 4 is 11.7 Å². The van der Waals surface area contributed by atoms with Crippen molar-refractivity contribution in [3.8, 4) is 0 Å². The van der Waals surface area contributed by atoms with Gasteiger partial charge in [0.25, 0.3) is 0 Å². The van der Waals surface area contributed by atoms with Gasteiger partial charge in [0.1, 0.15) is 12.1 Å². The van der Waals surface area contributed by atoms with Crippen LogP contribution in [0.1, 0.15) is 24.1 Å². The first-order valence-electron chi connectivity index (χ1n) is 8.66. The minimum atomic E-state index is 0.0699. The third kappa shape index (κ3) is 3.84. The molecule has 0 spiro atoms. The Kier molecular flexibility index (Phi) is 5.30. The number of rotatable bonds is 6. The highest BCUT2D eigenvalue weighted by Crippen LogP contribution is 2.25. The Morgan fingerprint density at radius 1 is 1.42 bits per heavy atom. The van der Waals surface area contributed by atoms with Gasteiger partial charge in [-0.3, -0.25) is 9.69 Å². The topological polar surface area (TPSA) is 70.6 Å². The molecule has 2 fully saturated rings. The zero-order valence-corrected chi connectivity index (χ0v) is 14.8. The summed E-state index contributed by atoms with van der Waals surface area (Å²) in [4.78, 5) is 25.0. The Morgan fingerprint density at radius 3 is 2.92 bits per heavy atom. The molecule has 1 N–H and O–H groups in total. The molecule has 0 aliphatic carbocycles. The number of amides is 1. The number of hydrogen-bond acceptors (Lipinski definition) is 6. The Hall–Kier alpha value is -1.73. The molecule has 24 heavy (non-hydrogen) atoms. The number of nitrogens with zero attached hydrogens (tertiary/aromatic N) is 4. The van der Waals surface area contributed by atoms with Crippen molar-refractivity contribution in [2.45, 2.75) is 38.8 Å². The monoisotopic (exact) mass is 333 g/mol. The lowest BCUT2D eigenvalue weighted by Gasteiger charge is -2.45. The number of likely N-dealkylation sites (N-methyl/N-ethyl adjacent to an activating group) is 1. The van der Waals surface area contributed by atoms with Crippen molar-refractivity contribution in [3.05, 3.63) is 17.6 Å². The fourth-order valence-corrected chi connectivity index (χ4v) is 3.20. The van der Waals surface area contributed by atoms with Crippen LogP contribution in [-0.4, -0.2) is 72.8 Å². The van der Waals surface area contributed by atoms with Gasteiger partial charge in [-0.25, -0.2) is 9.97 Å². The molecule has 1 aromatic heterocycles. The number of anilines is 1. The van der Waals surface area contributed by atoms with E-state index in [1.165, 1.54) is 0 Å². The van der Waals surface area contributed by atoms with Gasteiger partial charge in [-0.1, -0.05) is 0 Å². The summed E-state index contributed by atoms with van der Waals surface area (Å²) in [6.45, 7) is 7.72. The number of carbonyl (C=O) groups is 1. The van der Waals surface area contributed by atoms with Gasteiger partial charge in [-0.15, -0.1) is 0 Å². The van der Waals surface area contributed by atoms with Crippen molar-refractivity contribution < 1.29 is 9.53 Å². The molecule has 7 nitrogen and oxygen atoms in total. The minimum absolute atomic E-state index is 0.0699. The molecule has 7 heteroatoms. The Labute approximate surface area is 143 Å². The van der Waals surface area contributed by atoms with Gasteiger partial charge in [0.15, 0.2) is 0 Å². The summed E-state index contributed by atoms with van der Waals surface area (Å²) in [7, 11) is 2.01. The molecule has 0 saturated carbocycles. The van der Waals surface area contributed by atoms with Gasteiger partial charge in [-0.2, -0.15) is 0 Å². The average molecular weight is 333 g/mol. The summed E-state index contributed by atoms with van der Waals surface area (Å²) in [5.74, 6) is 1.08. The van der Waals surface area contributed by atoms with E-state index in [0.717, 1.165) is 49.6 Å². The summed E-state index contributed by atoms with van der Waals surface area (Å²) in [6.07, 6.45) is 3.96. The minimum Gasteiger partial charge on any atom is -0.376 e. The van der Waals surface area contributed by atoms with E-state index < -0.39 is 0 Å². The van der Waals surface area contributed by atoms with E-state index in [1.54, 1.807) is 6.33 Å². The fraction of sp³-hybridized carbons (Fsp3) is 0.706. The van der Waals surface area contributed by atoms with E-state index in [0.29, 0.717) is 19.1 Å². The highest BCUT2D eigenvalue weighted by molar-refractivity contribution is 5.78. The van der Waals surface area contributed by atoms with Crippen molar-refractivity contribution in [2.75, 3.05) is 44.7 Å². The highest BCUT2D eigenvalue weighted by atomic mass is 16.5. The highest BCUT2D eigenvalue weighted by Gasteiger charge is 2.32. The van der Waals surface area contributed by atoms with Gasteiger partial charge in [0.05, 0.1) is 12.6 Å². The van der Waals surface area contributed by atoms with E-state index in [1.807, 2.05) is 14.0 Å². The maximum atomic E-state index is 12.1. The second kappa shape index (κ2) is 7.44. The number of nitrogens with one attached hydrogen (secondary N) is 1. The Morgan fingerprint density at radius 2 is 2.21 bits per heavy atom. The molecule has 3 rings (SSSR count). The van der Waals surface area contributed by atoms with E-state index in [-0.39, 0.29) is 12.0 Å². The molecule has 0 aromatic carbocycles. The quantitative estimate of drug-likeness (QED) is 0.818. The molecule has 1 unspecified atom stereocenters. The molecular formula is C17H27N5O2. The fourth-order valence-electron chi connectivity index (χ4n) is 3.20. The maximum absolute atomic E-state index is 12.1. The first-order valence-corrected chi connectivity index (χ1v) is 8.66. The summed E-state index contributed by atoms with van der Waals surface area (Å²) in [6, 6.07) is 0.383. The van der Waals surface area contributed by atoms with Crippen LogP contribution >= 0.6 is 0 Å². The third-order valence-electron chi connectivity index (χ3n) is 5.04. The van der Waals surface area contributed by atoms with Crippen LogP contribution in [0.2, 0.25) is 0 Å². The summed E-state index contributed by atoms with van der Waals surface area (Å²) in [5, 5.41) is 2.98. The zero-order chi connectivity index (χ0) is 17.1. The molecule has 2 aliphatic heterocycles. The Bertz CT molecular complexity index is 582. The number of hydrogen-bond donors (Lipinski definition) is 1. The first kappa shape index (κ1) is 17.1. The lowest BCUT2D eigenvalue weighted by molar-refractivity contribution is -0.123. The van der Waals surface area contributed by atoms with Crippen molar-refractivity contribution in [1.29, 1.82) is 0 Å². The lowest BCUT2D eigenvalue weighted by Crippen LogP contribution is -2.60. The van der Waals surface area contributed by atoms with Crippen molar-refractivity contribution in [3.63, 3.8) is 0 Å². The molecule has 3 heterocycles. The number of carbonyl (C=O) groups excluding carboxylic acids is 1. The molecular weight excluding hydrogens is 306 g/mol. The van der Waals surface area contributed by atoms with Crippen LogP contribution in [0.3, 0.4) is 0 Å². The normalized spacial score (nSPS) is 21.2. The Balaban J connectivity index is 1.42. The SMILES string of the molecule is Cc1ncnc(N2CC(N(C)CC(=O)NCC3CCCO3)C2)c1C. The second-order valence-corrected chi connectivity index (χ2v) is 6.82. The third-order valence-corrected chi connectivity index (χ3v) is 5.04. The summed E-state index contributed by atoms with van der Waals surface area (Å²) >= 11 is 0. The molecule has 0 radical (unpaired) electrons. The average Bonchev–Trinajstić information content (AvgIpc) is 3.01. The molecule has 132 valence electrons.